The molecule has 3 amide bonds. The van der Waals surface area contributed by atoms with Gasteiger partial charge in [0, 0.05) is 46.5 Å². The van der Waals surface area contributed by atoms with Crippen molar-refractivity contribution < 1.29 is 27.9 Å². The first-order valence-electron chi connectivity index (χ1n) is 13.4. The number of rotatable bonds is 12. The maximum Gasteiger partial charge on any atom is 0.321 e. The number of fused-ring (bicyclic) bond motifs is 1. The SMILES string of the molecule is CCN(CC)C(=O)Nc1ccc(S(=O)(=O)N2C(=O)C(NCCOCCO)(c3ccccc3Cl)c3cc(Cl)ccc32)cc1. The second-order valence-corrected chi connectivity index (χ2v) is 12.0. The predicted octanol–water partition coefficient (Wildman–Crippen LogP) is 4.44. The standard InChI is InChI=1S/C29H32Cl2N4O6S/c1-3-34(4-2)28(38)33-21-10-12-22(13-11-21)42(39,40)35-26-14-9-20(30)19-24(26)29(27(35)37,32-15-17-41-18-16-36)23-7-5-6-8-25(23)31/h5-14,19,32,36H,3-4,15-18H2,1-2H3,(H,33,38). The number of aliphatic hydroxyl groups is 1. The second kappa shape index (κ2) is 13.4. The van der Waals surface area contributed by atoms with Crippen molar-refractivity contribution in [3.05, 3.63) is 87.9 Å². The Kier molecular flexibility index (Phi) is 10.1. The molecule has 0 fully saturated rings. The lowest BCUT2D eigenvalue weighted by atomic mass is 9.83. The molecule has 0 saturated carbocycles. The summed E-state index contributed by atoms with van der Waals surface area (Å²) in [6.07, 6.45) is 0. The van der Waals surface area contributed by atoms with Crippen LogP contribution in [0.5, 0.6) is 0 Å². The minimum absolute atomic E-state index is 0.100. The average molecular weight is 636 g/mol. The summed E-state index contributed by atoms with van der Waals surface area (Å²) in [6, 6.07) is 16.5. The lowest BCUT2D eigenvalue weighted by molar-refractivity contribution is -0.121. The number of amides is 3. The zero-order chi connectivity index (χ0) is 30.5. The first-order chi connectivity index (χ1) is 20.1. The molecule has 13 heteroatoms. The Morgan fingerprint density at radius 3 is 2.33 bits per heavy atom. The monoisotopic (exact) mass is 634 g/mol. The number of urea groups is 1. The van der Waals surface area contributed by atoms with E-state index < -0.39 is 21.5 Å². The molecule has 42 heavy (non-hydrogen) atoms. The largest absolute Gasteiger partial charge is 0.394 e. The summed E-state index contributed by atoms with van der Waals surface area (Å²) in [5.41, 5.74) is -0.546. The van der Waals surface area contributed by atoms with Crippen LogP contribution in [0.25, 0.3) is 0 Å². The van der Waals surface area contributed by atoms with Crippen molar-refractivity contribution >= 4 is 56.5 Å². The molecule has 3 aromatic rings. The first-order valence-corrected chi connectivity index (χ1v) is 15.6. The third kappa shape index (κ3) is 5.98. The third-order valence-electron chi connectivity index (χ3n) is 6.93. The van der Waals surface area contributed by atoms with E-state index in [9.17, 15) is 18.0 Å². The quantitative estimate of drug-likeness (QED) is 0.251. The van der Waals surface area contributed by atoms with Crippen molar-refractivity contribution in [1.29, 1.82) is 0 Å². The molecule has 0 spiro atoms. The Hall–Kier alpha value is -3.19. The molecule has 4 rings (SSSR count). The third-order valence-corrected chi connectivity index (χ3v) is 9.21. The number of ether oxygens (including phenoxy) is 1. The van der Waals surface area contributed by atoms with Gasteiger partial charge < -0.3 is 20.1 Å². The van der Waals surface area contributed by atoms with E-state index in [0.717, 1.165) is 4.31 Å². The van der Waals surface area contributed by atoms with Gasteiger partial charge in [-0.25, -0.2) is 17.5 Å². The minimum atomic E-state index is -4.45. The van der Waals surface area contributed by atoms with E-state index in [0.29, 0.717) is 34.9 Å². The first kappa shape index (κ1) is 31.7. The zero-order valence-electron chi connectivity index (χ0n) is 23.1. The normalized spacial score (nSPS) is 16.4. The predicted molar refractivity (Wildman–Crippen MR) is 163 cm³/mol. The number of sulfonamides is 1. The molecule has 0 saturated heterocycles. The minimum Gasteiger partial charge on any atom is -0.394 e. The summed E-state index contributed by atoms with van der Waals surface area (Å²) >= 11 is 13.0. The van der Waals surface area contributed by atoms with E-state index in [1.165, 1.54) is 36.4 Å². The summed E-state index contributed by atoms with van der Waals surface area (Å²) in [5.74, 6) is -0.797. The highest BCUT2D eigenvalue weighted by molar-refractivity contribution is 7.93. The lowest BCUT2D eigenvalue weighted by Crippen LogP contribution is -2.53. The highest BCUT2D eigenvalue weighted by atomic mass is 35.5. The van der Waals surface area contributed by atoms with E-state index in [2.05, 4.69) is 10.6 Å². The van der Waals surface area contributed by atoms with Crippen LogP contribution in [0.4, 0.5) is 16.2 Å². The number of carbonyl (C=O) groups is 2. The molecule has 3 aromatic carbocycles. The number of anilines is 2. The Labute approximate surface area is 255 Å². The van der Waals surface area contributed by atoms with Crippen molar-refractivity contribution in [2.45, 2.75) is 24.3 Å². The fourth-order valence-electron chi connectivity index (χ4n) is 4.90. The van der Waals surface area contributed by atoms with Crippen LogP contribution in [-0.2, 0) is 25.1 Å². The van der Waals surface area contributed by atoms with E-state index in [-0.39, 0.29) is 48.0 Å². The molecule has 3 N–H and O–H groups in total. The maximum absolute atomic E-state index is 14.5. The van der Waals surface area contributed by atoms with E-state index in [1.807, 2.05) is 13.8 Å². The topological polar surface area (TPSA) is 128 Å². The van der Waals surface area contributed by atoms with Crippen LogP contribution in [-0.4, -0.2) is 69.8 Å². The van der Waals surface area contributed by atoms with Gasteiger partial charge >= 0.3 is 6.03 Å². The molecule has 1 unspecified atom stereocenters. The average Bonchev–Trinajstić information content (AvgIpc) is 3.22. The number of hydrogen-bond donors (Lipinski definition) is 3. The van der Waals surface area contributed by atoms with Gasteiger partial charge in [-0.15, -0.1) is 0 Å². The number of benzene rings is 3. The van der Waals surface area contributed by atoms with E-state index in [4.69, 9.17) is 33.0 Å². The molecule has 224 valence electrons. The van der Waals surface area contributed by atoms with Crippen LogP contribution >= 0.6 is 23.2 Å². The van der Waals surface area contributed by atoms with Gasteiger partial charge in [-0.05, 0) is 62.4 Å². The molecule has 0 radical (unpaired) electrons. The summed E-state index contributed by atoms with van der Waals surface area (Å²) in [5, 5.41) is 15.5. The number of nitrogens with one attached hydrogen (secondary N) is 2. The van der Waals surface area contributed by atoms with Gasteiger partial charge in [0.05, 0.1) is 30.4 Å². The molecular formula is C29H32Cl2N4O6S. The Morgan fingerprint density at radius 1 is 1.00 bits per heavy atom. The summed E-state index contributed by atoms with van der Waals surface area (Å²) in [7, 11) is -4.45. The molecule has 1 aliphatic heterocycles. The van der Waals surface area contributed by atoms with Crippen LogP contribution in [0.1, 0.15) is 25.0 Å². The maximum atomic E-state index is 14.5. The molecule has 0 aliphatic carbocycles. The van der Waals surface area contributed by atoms with Crippen LogP contribution in [0.2, 0.25) is 10.0 Å². The smallest absolute Gasteiger partial charge is 0.321 e. The number of aliphatic hydroxyl groups excluding tert-OH is 1. The second-order valence-electron chi connectivity index (χ2n) is 9.36. The molecule has 0 bridgehead atoms. The summed E-state index contributed by atoms with van der Waals surface area (Å²) in [6.45, 7) is 4.93. The summed E-state index contributed by atoms with van der Waals surface area (Å²) in [4.78, 5) is 28.4. The number of carbonyl (C=O) groups excluding carboxylic acids is 2. The summed E-state index contributed by atoms with van der Waals surface area (Å²) < 4.78 is 34.4. The van der Waals surface area contributed by atoms with Gasteiger partial charge in [0.2, 0.25) is 0 Å². The number of hydrogen-bond acceptors (Lipinski definition) is 7. The fourth-order valence-corrected chi connectivity index (χ4v) is 6.81. The van der Waals surface area contributed by atoms with Gasteiger partial charge in [0.1, 0.15) is 0 Å². The van der Waals surface area contributed by atoms with Crippen molar-refractivity contribution in [3.8, 4) is 0 Å². The van der Waals surface area contributed by atoms with Crippen molar-refractivity contribution in [3.63, 3.8) is 0 Å². The highest BCUT2D eigenvalue weighted by Gasteiger charge is 2.56. The molecule has 0 aromatic heterocycles. The van der Waals surface area contributed by atoms with Gasteiger partial charge in [-0.3, -0.25) is 10.1 Å². The molecule has 1 atom stereocenters. The van der Waals surface area contributed by atoms with Crippen LogP contribution < -0.4 is 14.9 Å². The van der Waals surface area contributed by atoms with E-state index in [1.54, 1.807) is 35.2 Å². The van der Waals surface area contributed by atoms with Gasteiger partial charge in [0.15, 0.2) is 5.54 Å². The zero-order valence-corrected chi connectivity index (χ0v) is 25.5. The highest BCUT2D eigenvalue weighted by Crippen LogP contribution is 2.49. The van der Waals surface area contributed by atoms with Gasteiger partial charge in [-0.2, -0.15) is 0 Å². The fraction of sp³-hybridized carbons (Fsp3) is 0.310. The van der Waals surface area contributed by atoms with Crippen molar-refractivity contribution in [1.82, 2.24) is 10.2 Å². The Morgan fingerprint density at radius 2 is 1.69 bits per heavy atom. The molecular weight excluding hydrogens is 603 g/mol. The van der Waals surface area contributed by atoms with Crippen molar-refractivity contribution in [2.24, 2.45) is 0 Å². The molecule has 1 aliphatic rings. The van der Waals surface area contributed by atoms with Gasteiger partial charge in [0.25, 0.3) is 15.9 Å². The van der Waals surface area contributed by atoms with E-state index >= 15 is 0 Å². The Balaban J connectivity index is 1.78. The Bertz CT molecular complexity index is 1550. The van der Waals surface area contributed by atoms with Crippen LogP contribution in [0, 0.1) is 0 Å². The lowest BCUT2D eigenvalue weighted by Gasteiger charge is -2.31. The number of nitrogens with zero attached hydrogens (tertiary/aromatic N) is 2. The van der Waals surface area contributed by atoms with Crippen molar-refractivity contribution in [2.75, 3.05) is 49.1 Å². The molecule has 1 heterocycles. The van der Waals surface area contributed by atoms with Crippen LogP contribution in [0.15, 0.2) is 71.6 Å². The number of halogens is 2. The van der Waals surface area contributed by atoms with Gasteiger partial charge in [-0.1, -0.05) is 41.4 Å². The molecule has 10 nitrogen and oxygen atoms in total. The van der Waals surface area contributed by atoms with Crippen LogP contribution in [0.3, 0.4) is 0 Å².